The highest BCUT2D eigenvalue weighted by atomic mass is 19.1. The lowest BCUT2D eigenvalue weighted by Crippen LogP contribution is -2.03. The molecule has 4 nitrogen and oxygen atoms in total. The van der Waals surface area contributed by atoms with Crippen molar-refractivity contribution < 1.29 is 13.9 Å². The minimum Gasteiger partial charge on any atom is -0.464 e. The number of carbonyl (C=O) groups is 1. The van der Waals surface area contributed by atoms with E-state index in [2.05, 4.69) is 14.9 Å². The molecule has 5 heteroatoms. The molecule has 2 aromatic rings. The fourth-order valence-electron chi connectivity index (χ4n) is 1.39. The summed E-state index contributed by atoms with van der Waals surface area (Å²) in [7, 11) is 1.29. The van der Waals surface area contributed by atoms with Crippen molar-refractivity contribution >= 4 is 5.97 Å². The first kappa shape index (κ1) is 10.4. The number of halogens is 1. The third-order valence-electron chi connectivity index (χ3n) is 2.18. The van der Waals surface area contributed by atoms with Crippen LogP contribution < -0.4 is 0 Å². The maximum Gasteiger partial charge on any atom is 0.356 e. The van der Waals surface area contributed by atoms with Crippen molar-refractivity contribution in [1.82, 2.24) is 10.2 Å². The molecule has 0 atom stereocenters. The van der Waals surface area contributed by atoms with E-state index in [9.17, 15) is 9.18 Å². The van der Waals surface area contributed by atoms with Crippen molar-refractivity contribution in [3.8, 4) is 11.1 Å². The molecule has 0 radical (unpaired) electrons. The second-order valence-electron chi connectivity index (χ2n) is 3.16. The lowest BCUT2D eigenvalue weighted by atomic mass is 10.1. The second-order valence-corrected chi connectivity index (χ2v) is 3.16. The fraction of sp³-hybridized carbons (Fsp3) is 0.0909. The number of benzene rings is 1. The van der Waals surface area contributed by atoms with E-state index in [4.69, 9.17) is 0 Å². The van der Waals surface area contributed by atoms with Gasteiger partial charge in [0.15, 0.2) is 5.69 Å². The van der Waals surface area contributed by atoms with Crippen LogP contribution in [-0.2, 0) is 4.74 Å². The van der Waals surface area contributed by atoms with Gasteiger partial charge in [-0.1, -0.05) is 12.1 Å². The molecule has 1 N–H and O–H groups in total. The number of rotatable bonds is 2. The average molecular weight is 220 g/mol. The van der Waals surface area contributed by atoms with Crippen LogP contribution in [0.3, 0.4) is 0 Å². The molecule has 0 fully saturated rings. The number of hydrogen-bond donors (Lipinski definition) is 1. The van der Waals surface area contributed by atoms with Crippen LogP contribution in [0.2, 0.25) is 0 Å². The van der Waals surface area contributed by atoms with Gasteiger partial charge in [-0.25, -0.2) is 9.18 Å². The number of carbonyl (C=O) groups excluding carboxylic acids is 1. The van der Waals surface area contributed by atoms with Crippen LogP contribution in [0.4, 0.5) is 4.39 Å². The van der Waals surface area contributed by atoms with E-state index in [0.29, 0.717) is 11.1 Å². The number of aromatic amines is 1. The van der Waals surface area contributed by atoms with Crippen molar-refractivity contribution in [3.05, 3.63) is 42.0 Å². The maximum atomic E-state index is 12.7. The minimum atomic E-state index is -0.503. The molecule has 0 saturated heterocycles. The largest absolute Gasteiger partial charge is 0.464 e. The SMILES string of the molecule is COC(=O)c1[nH]ncc1-c1ccc(F)cc1. The van der Waals surface area contributed by atoms with Gasteiger partial charge in [0, 0.05) is 5.56 Å². The summed E-state index contributed by atoms with van der Waals surface area (Å²) in [6, 6.07) is 5.80. The highest BCUT2D eigenvalue weighted by Crippen LogP contribution is 2.22. The highest BCUT2D eigenvalue weighted by Gasteiger charge is 2.15. The van der Waals surface area contributed by atoms with Crippen molar-refractivity contribution in [1.29, 1.82) is 0 Å². The molecule has 0 unspecified atom stereocenters. The zero-order valence-electron chi connectivity index (χ0n) is 8.53. The zero-order valence-corrected chi connectivity index (χ0v) is 8.53. The molecule has 0 amide bonds. The predicted octanol–water partition coefficient (Wildman–Crippen LogP) is 2.00. The van der Waals surface area contributed by atoms with Crippen LogP contribution in [-0.4, -0.2) is 23.3 Å². The van der Waals surface area contributed by atoms with Gasteiger partial charge in [-0.05, 0) is 17.7 Å². The number of ether oxygens (including phenoxy) is 1. The van der Waals surface area contributed by atoms with E-state index >= 15 is 0 Å². The molecular formula is C11H9FN2O2. The van der Waals surface area contributed by atoms with Gasteiger partial charge in [0.25, 0.3) is 0 Å². The molecule has 16 heavy (non-hydrogen) atoms. The van der Waals surface area contributed by atoms with Gasteiger partial charge in [0.05, 0.1) is 13.3 Å². The normalized spacial score (nSPS) is 10.1. The molecule has 0 saturated carbocycles. The van der Waals surface area contributed by atoms with Gasteiger partial charge in [-0.15, -0.1) is 0 Å². The van der Waals surface area contributed by atoms with Crippen molar-refractivity contribution in [2.24, 2.45) is 0 Å². The summed E-state index contributed by atoms with van der Waals surface area (Å²) in [6.07, 6.45) is 1.50. The molecule has 0 bridgehead atoms. The summed E-state index contributed by atoms with van der Waals surface area (Å²) in [5, 5.41) is 6.32. The third-order valence-corrected chi connectivity index (χ3v) is 2.18. The highest BCUT2D eigenvalue weighted by molar-refractivity contribution is 5.94. The lowest BCUT2D eigenvalue weighted by molar-refractivity contribution is 0.0595. The number of hydrogen-bond acceptors (Lipinski definition) is 3. The quantitative estimate of drug-likeness (QED) is 0.787. The molecule has 82 valence electrons. The average Bonchev–Trinajstić information content (AvgIpc) is 2.78. The van der Waals surface area contributed by atoms with E-state index in [1.54, 1.807) is 12.1 Å². The third kappa shape index (κ3) is 1.79. The van der Waals surface area contributed by atoms with E-state index in [1.165, 1.54) is 25.4 Å². The Morgan fingerprint density at radius 1 is 1.38 bits per heavy atom. The first-order valence-corrected chi connectivity index (χ1v) is 4.60. The number of H-pyrrole nitrogens is 1. The number of methoxy groups -OCH3 is 1. The Hall–Kier alpha value is -2.17. The van der Waals surface area contributed by atoms with Crippen LogP contribution in [0.5, 0.6) is 0 Å². The fourth-order valence-corrected chi connectivity index (χ4v) is 1.39. The predicted molar refractivity (Wildman–Crippen MR) is 55.3 cm³/mol. The molecule has 0 aliphatic heterocycles. The molecule has 2 rings (SSSR count). The van der Waals surface area contributed by atoms with Gasteiger partial charge in [0.2, 0.25) is 0 Å². The smallest absolute Gasteiger partial charge is 0.356 e. The zero-order chi connectivity index (χ0) is 11.5. The van der Waals surface area contributed by atoms with E-state index in [-0.39, 0.29) is 11.5 Å². The summed E-state index contributed by atoms with van der Waals surface area (Å²) in [6.45, 7) is 0. The van der Waals surface area contributed by atoms with Crippen LogP contribution in [0.15, 0.2) is 30.5 Å². The van der Waals surface area contributed by atoms with E-state index < -0.39 is 5.97 Å². The first-order valence-electron chi connectivity index (χ1n) is 4.60. The Bertz CT molecular complexity index is 505. The molecule has 1 heterocycles. The van der Waals surface area contributed by atoms with Gasteiger partial charge in [-0.2, -0.15) is 5.10 Å². The summed E-state index contributed by atoms with van der Waals surface area (Å²) >= 11 is 0. The van der Waals surface area contributed by atoms with Crippen LogP contribution >= 0.6 is 0 Å². The van der Waals surface area contributed by atoms with E-state index in [0.717, 1.165) is 0 Å². The number of nitrogens with zero attached hydrogens (tertiary/aromatic N) is 1. The summed E-state index contributed by atoms with van der Waals surface area (Å²) in [4.78, 5) is 11.4. The minimum absolute atomic E-state index is 0.258. The van der Waals surface area contributed by atoms with Crippen molar-refractivity contribution in [3.63, 3.8) is 0 Å². The summed E-state index contributed by atoms with van der Waals surface area (Å²) in [5.41, 5.74) is 1.55. The Kier molecular flexibility index (Phi) is 2.68. The monoisotopic (exact) mass is 220 g/mol. The Morgan fingerprint density at radius 3 is 2.69 bits per heavy atom. The standard InChI is InChI=1S/C11H9FN2O2/c1-16-11(15)10-9(6-13-14-10)7-2-4-8(12)5-3-7/h2-6H,1H3,(H,13,14). The molecule has 0 spiro atoms. The van der Waals surface area contributed by atoms with Gasteiger partial charge < -0.3 is 4.74 Å². The van der Waals surface area contributed by atoms with Gasteiger partial charge >= 0.3 is 5.97 Å². The number of nitrogens with one attached hydrogen (secondary N) is 1. The van der Waals surface area contributed by atoms with Crippen LogP contribution in [0, 0.1) is 5.82 Å². The Balaban J connectivity index is 2.44. The summed E-state index contributed by atoms with van der Waals surface area (Å²) in [5.74, 6) is -0.830. The van der Waals surface area contributed by atoms with Crippen LogP contribution in [0.25, 0.3) is 11.1 Å². The van der Waals surface area contributed by atoms with Gasteiger partial charge in [-0.3, -0.25) is 5.10 Å². The number of esters is 1. The first-order chi connectivity index (χ1) is 7.72. The molecular weight excluding hydrogens is 211 g/mol. The van der Waals surface area contributed by atoms with E-state index in [1.807, 2.05) is 0 Å². The number of aromatic nitrogens is 2. The Labute approximate surface area is 91.1 Å². The van der Waals surface area contributed by atoms with Crippen LogP contribution in [0.1, 0.15) is 10.5 Å². The van der Waals surface area contributed by atoms with Crippen molar-refractivity contribution in [2.75, 3.05) is 7.11 Å². The topological polar surface area (TPSA) is 55.0 Å². The maximum absolute atomic E-state index is 12.7. The summed E-state index contributed by atoms with van der Waals surface area (Å²) < 4.78 is 17.3. The lowest BCUT2D eigenvalue weighted by Gasteiger charge is -2.01. The van der Waals surface area contributed by atoms with Crippen molar-refractivity contribution in [2.45, 2.75) is 0 Å². The Morgan fingerprint density at radius 2 is 2.06 bits per heavy atom. The molecule has 0 aliphatic carbocycles. The molecule has 0 aliphatic rings. The second kappa shape index (κ2) is 4.14. The molecule has 1 aromatic heterocycles. The molecule has 1 aromatic carbocycles. The van der Waals surface area contributed by atoms with Gasteiger partial charge in [0.1, 0.15) is 5.82 Å².